The van der Waals surface area contributed by atoms with Crippen LogP contribution in [0.15, 0.2) is 78.6 Å². The van der Waals surface area contributed by atoms with Gasteiger partial charge >= 0.3 is 0 Å². The highest BCUT2D eigenvalue weighted by molar-refractivity contribution is 6.15. The van der Waals surface area contributed by atoms with Gasteiger partial charge in [-0.1, -0.05) is 56.9 Å². The van der Waals surface area contributed by atoms with Crippen LogP contribution in [0.3, 0.4) is 0 Å². The molecule has 0 radical (unpaired) electrons. The summed E-state index contributed by atoms with van der Waals surface area (Å²) in [6.45, 7) is 9.74. The summed E-state index contributed by atoms with van der Waals surface area (Å²) in [4.78, 5) is 44.2. The minimum Gasteiger partial charge on any atom is -0.388 e. The average molecular weight is 529 g/mol. The molecule has 2 fully saturated rings. The van der Waals surface area contributed by atoms with Crippen molar-refractivity contribution in [3.05, 3.63) is 84.1 Å². The Morgan fingerprint density at radius 2 is 1.85 bits per heavy atom. The van der Waals surface area contributed by atoms with E-state index in [2.05, 4.69) is 16.9 Å². The van der Waals surface area contributed by atoms with Crippen LogP contribution in [0.4, 0.5) is 0 Å². The molecule has 3 aliphatic rings. The predicted molar refractivity (Wildman–Crippen MR) is 149 cm³/mol. The molecule has 8 atom stereocenters. The Morgan fingerprint density at radius 1 is 1.10 bits per heavy atom. The Balaban J connectivity index is 1.63. The number of nitrogens with one attached hydrogen (secondary N) is 2. The topological polar surface area (TPSA) is 119 Å². The van der Waals surface area contributed by atoms with E-state index in [1.807, 2.05) is 56.5 Å². The van der Waals surface area contributed by atoms with Crippen LogP contribution >= 0.6 is 0 Å². The average Bonchev–Trinajstić information content (AvgIpc) is 3.45. The van der Waals surface area contributed by atoms with E-state index in [4.69, 9.17) is 0 Å². The molecule has 0 bridgehead atoms. The molecular formula is C32H36N2O5. The fourth-order valence-corrected chi connectivity index (χ4v) is 7.01. The number of aliphatic hydroxyl groups is 2. The van der Waals surface area contributed by atoms with Gasteiger partial charge in [-0.3, -0.25) is 14.4 Å². The van der Waals surface area contributed by atoms with E-state index in [1.54, 1.807) is 13.0 Å². The Labute approximate surface area is 228 Å². The van der Waals surface area contributed by atoms with Gasteiger partial charge in [0.15, 0.2) is 11.6 Å². The van der Waals surface area contributed by atoms with Crippen molar-refractivity contribution in [2.75, 3.05) is 0 Å². The number of benzene rings is 1. The van der Waals surface area contributed by atoms with E-state index in [1.165, 1.54) is 0 Å². The van der Waals surface area contributed by atoms with Crippen LogP contribution in [-0.4, -0.2) is 50.9 Å². The quantitative estimate of drug-likeness (QED) is 0.351. The monoisotopic (exact) mass is 528 g/mol. The minimum atomic E-state index is -1.63. The number of carbonyl (C=O) groups excluding carboxylic acids is 3. The molecule has 1 spiro atoms. The maximum Gasteiger partial charge on any atom is 0.235 e. The molecule has 2 heterocycles. The van der Waals surface area contributed by atoms with Gasteiger partial charge in [0, 0.05) is 35.0 Å². The third-order valence-electron chi connectivity index (χ3n) is 9.04. The van der Waals surface area contributed by atoms with Crippen LogP contribution in [0.25, 0.3) is 10.9 Å². The lowest BCUT2D eigenvalue weighted by atomic mass is 9.52. The molecule has 2 aromatic rings. The highest BCUT2D eigenvalue weighted by Gasteiger charge is 2.68. The SMILES string of the molecule is C=C1[C@@H](C)[C@H]2[C@H](Cc3c[nH]c4ccccc34)NC(=O)[C@]23C(=O)/C=C\C(=O)[C@H](O)/C(C)=C/[C@@H](C)C/C=C\[C@H]3[C@@H]1O. The molecule has 1 aromatic heterocycles. The summed E-state index contributed by atoms with van der Waals surface area (Å²) >= 11 is 0. The van der Waals surface area contributed by atoms with Crippen molar-refractivity contribution < 1.29 is 24.6 Å². The zero-order valence-electron chi connectivity index (χ0n) is 22.6. The van der Waals surface area contributed by atoms with Crippen molar-refractivity contribution in [3.63, 3.8) is 0 Å². The smallest absolute Gasteiger partial charge is 0.235 e. The van der Waals surface area contributed by atoms with Gasteiger partial charge in [-0.15, -0.1) is 0 Å². The Hall–Kier alpha value is -3.55. The first-order valence-corrected chi connectivity index (χ1v) is 13.6. The normalized spacial score (nSPS) is 38.5. The van der Waals surface area contributed by atoms with Crippen molar-refractivity contribution in [3.8, 4) is 0 Å². The van der Waals surface area contributed by atoms with Crippen molar-refractivity contribution in [1.82, 2.24) is 10.3 Å². The molecule has 5 rings (SSSR count). The zero-order chi connectivity index (χ0) is 28.1. The van der Waals surface area contributed by atoms with Crippen molar-refractivity contribution >= 4 is 28.4 Å². The highest BCUT2D eigenvalue weighted by atomic mass is 16.3. The van der Waals surface area contributed by atoms with Crippen LogP contribution in [-0.2, 0) is 20.8 Å². The van der Waals surface area contributed by atoms with Gasteiger partial charge in [0.2, 0.25) is 5.91 Å². The van der Waals surface area contributed by atoms with Crippen molar-refractivity contribution in [2.45, 2.75) is 51.9 Å². The van der Waals surface area contributed by atoms with Gasteiger partial charge in [-0.2, -0.15) is 0 Å². The molecule has 39 heavy (non-hydrogen) atoms. The first-order chi connectivity index (χ1) is 18.6. The highest BCUT2D eigenvalue weighted by Crippen LogP contribution is 2.56. The van der Waals surface area contributed by atoms with E-state index >= 15 is 0 Å². The van der Waals surface area contributed by atoms with Crippen LogP contribution in [0.2, 0.25) is 0 Å². The summed E-state index contributed by atoms with van der Waals surface area (Å²) in [5.74, 6) is -3.34. The number of fused-ring (bicyclic) bond motifs is 1. The van der Waals surface area contributed by atoms with E-state index < -0.39 is 53.0 Å². The van der Waals surface area contributed by atoms with Crippen molar-refractivity contribution in [2.24, 2.45) is 29.1 Å². The van der Waals surface area contributed by atoms with E-state index in [0.717, 1.165) is 28.6 Å². The Bertz CT molecular complexity index is 1430. The summed E-state index contributed by atoms with van der Waals surface area (Å²) in [5.41, 5.74) is 1.46. The number of amides is 1. The second-order valence-electron chi connectivity index (χ2n) is 11.4. The molecule has 1 saturated heterocycles. The first kappa shape index (κ1) is 27.0. The number of carbonyl (C=O) groups is 3. The number of aliphatic hydroxyl groups excluding tert-OH is 2. The van der Waals surface area contributed by atoms with Gasteiger partial charge in [0.05, 0.1) is 6.10 Å². The molecule has 1 aromatic carbocycles. The summed E-state index contributed by atoms with van der Waals surface area (Å²) in [7, 11) is 0. The first-order valence-electron chi connectivity index (χ1n) is 13.6. The molecular weight excluding hydrogens is 492 g/mol. The molecule has 7 heteroatoms. The lowest BCUT2D eigenvalue weighted by Crippen LogP contribution is -2.58. The van der Waals surface area contributed by atoms with Crippen LogP contribution in [0, 0.1) is 29.1 Å². The van der Waals surface area contributed by atoms with Crippen molar-refractivity contribution in [1.29, 1.82) is 0 Å². The molecule has 1 amide bonds. The summed E-state index contributed by atoms with van der Waals surface area (Å²) < 4.78 is 0. The Kier molecular flexibility index (Phi) is 7.08. The molecule has 4 N–H and O–H groups in total. The van der Waals surface area contributed by atoms with Gasteiger partial charge in [0.1, 0.15) is 11.5 Å². The number of aromatic amines is 1. The minimum absolute atomic E-state index is 0.00855. The third-order valence-corrected chi connectivity index (χ3v) is 9.04. The summed E-state index contributed by atoms with van der Waals surface area (Å²) in [5, 5.41) is 26.1. The summed E-state index contributed by atoms with van der Waals surface area (Å²) in [6, 6.07) is 7.53. The van der Waals surface area contributed by atoms with E-state index in [9.17, 15) is 24.6 Å². The largest absolute Gasteiger partial charge is 0.388 e. The molecule has 204 valence electrons. The fraction of sp³-hybridized carbons (Fsp3) is 0.406. The number of ketones is 2. The van der Waals surface area contributed by atoms with Gasteiger partial charge in [-0.25, -0.2) is 0 Å². The number of allylic oxidation sites excluding steroid dienone is 3. The lowest BCUT2D eigenvalue weighted by Gasteiger charge is -2.48. The molecule has 1 aliphatic heterocycles. The van der Waals surface area contributed by atoms with E-state index in [-0.39, 0.29) is 11.8 Å². The van der Waals surface area contributed by atoms with Crippen LogP contribution in [0.5, 0.6) is 0 Å². The molecule has 7 nitrogen and oxygen atoms in total. The van der Waals surface area contributed by atoms with Gasteiger partial charge in [0.25, 0.3) is 0 Å². The maximum absolute atomic E-state index is 14.1. The van der Waals surface area contributed by atoms with Crippen LogP contribution < -0.4 is 5.32 Å². The van der Waals surface area contributed by atoms with Crippen LogP contribution in [0.1, 0.15) is 32.8 Å². The second kappa shape index (κ2) is 10.2. The number of aromatic nitrogens is 1. The van der Waals surface area contributed by atoms with E-state index in [0.29, 0.717) is 24.0 Å². The standard InChI is InChI=1S/C32H36N2O5/c1-17-8-7-10-23-30(38)20(4)19(3)28-25(15-21-16-33-24-11-6-5-9-22(21)24)34-31(39)32(23,28)27(36)13-12-26(35)29(37)18(2)14-17/h5-7,9-14,16-17,19,23,25,28-30,33,37-38H,4,8,15H2,1-3H3,(H,34,39)/b10-7-,13-12-,18-14+/t17-,19+,23-,25-,28-,29+,30+,32+/m0/s1. The predicted octanol–water partition coefficient (Wildman–Crippen LogP) is 3.59. The lowest BCUT2D eigenvalue weighted by molar-refractivity contribution is -0.148. The second-order valence-corrected chi connectivity index (χ2v) is 11.4. The number of hydrogen-bond donors (Lipinski definition) is 4. The Morgan fingerprint density at radius 3 is 2.62 bits per heavy atom. The number of para-hydroxylation sites is 1. The molecule has 0 unspecified atom stereocenters. The number of H-pyrrole nitrogens is 1. The molecule has 1 saturated carbocycles. The number of rotatable bonds is 2. The third kappa shape index (κ3) is 4.34. The van der Waals surface area contributed by atoms with Gasteiger partial charge < -0.3 is 20.5 Å². The zero-order valence-corrected chi connectivity index (χ0v) is 22.6. The summed E-state index contributed by atoms with van der Waals surface area (Å²) in [6.07, 6.45) is 8.17. The maximum atomic E-state index is 14.1. The fourth-order valence-electron chi connectivity index (χ4n) is 7.01. The number of hydrogen-bond acceptors (Lipinski definition) is 5. The molecule has 2 aliphatic carbocycles. The van der Waals surface area contributed by atoms with Gasteiger partial charge in [-0.05, 0) is 66.5 Å².